The number of carbonyl (C=O) groups is 1. The van der Waals surface area contributed by atoms with Gasteiger partial charge in [0.15, 0.2) is 0 Å². The second-order valence-electron chi connectivity index (χ2n) is 4.60. The van der Waals surface area contributed by atoms with E-state index in [9.17, 15) is 17.6 Å². The van der Waals surface area contributed by atoms with Gasteiger partial charge < -0.3 is 5.32 Å². The quantitative estimate of drug-likeness (QED) is 0.825. The molecule has 118 valence electrons. The first-order valence-corrected chi connectivity index (χ1v) is 8.33. The lowest BCUT2D eigenvalue weighted by molar-refractivity contribution is -0.120. The lowest BCUT2D eigenvalue weighted by Gasteiger charge is -2.17. The molecular formula is C13H18ClFN2O3S. The molecule has 0 heterocycles. The Morgan fingerprint density at radius 3 is 2.67 bits per heavy atom. The zero-order valence-electron chi connectivity index (χ0n) is 11.9. The van der Waals surface area contributed by atoms with Crippen molar-refractivity contribution in [3.8, 4) is 0 Å². The van der Waals surface area contributed by atoms with E-state index in [0.29, 0.717) is 12.0 Å². The van der Waals surface area contributed by atoms with E-state index in [-0.39, 0.29) is 29.6 Å². The third-order valence-electron chi connectivity index (χ3n) is 2.96. The first-order chi connectivity index (χ1) is 9.76. The van der Waals surface area contributed by atoms with Crippen molar-refractivity contribution < 1.29 is 17.6 Å². The summed E-state index contributed by atoms with van der Waals surface area (Å²) < 4.78 is 38.5. The minimum atomic E-state index is -3.53. The lowest BCUT2D eigenvalue weighted by Crippen LogP contribution is -2.30. The summed E-state index contributed by atoms with van der Waals surface area (Å²) in [7, 11) is -0.550. The van der Waals surface area contributed by atoms with Gasteiger partial charge in [0, 0.05) is 27.1 Å². The predicted octanol–water partition coefficient (Wildman–Crippen LogP) is 1.77. The van der Waals surface area contributed by atoms with Gasteiger partial charge in [-0.25, -0.2) is 17.1 Å². The fourth-order valence-corrected chi connectivity index (χ4v) is 3.11. The average molecular weight is 337 g/mol. The summed E-state index contributed by atoms with van der Waals surface area (Å²) in [5.74, 6) is -0.980. The first kappa shape index (κ1) is 17.9. The fourth-order valence-electron chi connectivity index (χ4n) is 1.68. The summed E-state index contributed by atoms with van der Waals surface area (Å²) in [5, 5.41) is 2.37. The summed E-state index contributed by atoms with van der Waals surface area (Å²) in [6, 6.07) is 3.82. The van der Waals surface area contributed by atoms with E-state index in [2.05, 4.69) is 5.32 Å². The monoisotopic (exact) mass is 336 g/mol. The number of hydrogen-bond acceptors (Lipinski definition) is 3. The molecule has 21 heavy (non-hydrogen) atoms. The SMILES string of the molecule is CNC(=O)CCCN(C)S(=O)(=O)Cc1ccc(F)c(Cl)c1. The molecule has 0 fully saturated rings. The van der Waals surface area contributed by atoms with Crippen LogP contribution in [-0.2, 0) is 20.6 Å². The van der Waals surface area contributed by atoms with Gasteiger partial charge in [-0.1, -0.05) is 17.7 Å². The largest absolute Gasteiger partial charge is 0.359 e. The van der Waals surface area contributed by atoms with Crippen molar-refractivity contribution in [2.75, 3.05) is 20.6 Å². The molecule has 1 aromatic carbocycles. The summed E-state index contributed by atoms with van der Waals surface area (Å²) in [6.07, 6.45) is 0.693. The fraction of sp³-hybridized carbons (Fsp3) is 0.462. The number of halogens is 2. The summed E-state index contributed by atoms with van der Waals surface area (Å²) in [6.45, 7) is 0.241. The average Bonchev–Trinajstić information content (AvgIpc) is 2.42. The standard InChI is InChI=1S/C13H18ClFN2O3S/c1-16-13(18)4-3-7-17(2)21(19,20)9-10-5-6-12(15)11(14)8-10/h5-6,8H,3-4,7,9H2,1-2H3,(H,16,18). The van der Waals surface area contributed by atoms with Crippen molar-refractivity contribution in [1.82, 2.24) is 9.62 Å². The van der Waals surface area contributed by atoms with E-state index in [0.717, 1.165) is 6.07 Å². The van der Waals surface area contributed by atoms with Gasteiger partial charge in [-0.15, -0.1) is 0 Å². The van der Waals surface area contributed by atoms with Gasteiger partial charge in [-0.3, -0.25) is 4.79 Å². The zero-order valence-corrected chi connectivity index (χ0v) is 13.5. The number of nitrogens with one attached hydrogen (secondary N) is 1. The summed E-state index contributed by atoms with van der Waals surface area (Å²) in [4.78, 5) is 11.1. The topological polar surface area (TPSA) is 66.5 Å². The van der Waals surface area contributed by atoms with Crippen LogP contribution >= 0.6 is 11.6 Å². The molecule has 0 aromatic heterocycles. The van der Waals surface area contributed by atoms with Crippen LogP contribution < -0.4 is 5.32 Å². The Morgan fingerprint density at radius 2 is 2.10 bits per heavy atom. The normalized spacial score (nSPS) is 11.7. The summed E-state index contributed by atoms with van der Waals surface area (Å²) in [5.41, 5.74) is 0.416. The smallest absolute Gasteiger partial charge is 0.219 e. The Hall–Kier alpha value is -1.18. The highest BCUT2D eigenvalue weighted by molar-refractivity contribution is 7.88. The molecular weight excluding hydrogens is 319 g/mol. The molecule has 0 aliphatic heterocycles. The van der Waals surface area contributed by atoms with E-state index < -0.39 is 15.8 Å². The van der Waals surface area contributed by atoms with Crippen LogP contribution in [0.5, 0.6) is 0 Å². The van der Waals surface area contributed by atoms with Crippen molar-refractivity contribution in [3.05, 3.63) is 34.6 Å². The van der Waals surface area contributed by atoms with Crippen LogP contribution in [-0.4, -0.2) is 39.3 Å². The van der Waals surface area contributed by atoms with Gasteiger partial charge in [0.25, 0.3) is 0 Å². The van der Waals surface area contributed by atoms with Gasteiger partial charge in [-0.2, -0.15) is 0 Å². The minimum Gasteiger partial charge on any atom is -0.359 e. The van der Waals surface area contributed by atoms with Crippen molar-refractivity contribution in [1.29, 1.82) is 0 Å². The maximum Gasteiger partial charge on any atom is 0.219 e. The number of carbonyl (C=O) groups excluding carboxylic acids is 1. The molecule has 1 rings (SSSR count). The number of rotatable bonds is 7. The second-order valence-corrected chi connectivity index (χ2v) is 7.09. The summed E-state index contributed by atoms with van der Waals surface area (Å²) >= 11 is 5.63. The van der Waals surface area contributed by atoms with Crippen LogP contribution in [0.15, 0.2) is 18.2 Å². The first-order valence-electron chi connectivity index (χ1n) is 6.35. The second kappa shape index (κ2) is 7.72. The van der Waals surface area contributed by atoms with Crippen molar-refractivity contribution in [2.45, 2.75) is 18.6 Å². The van der Waals surface area contributed by atoms with Gasteiger partial charge in [0.2, 0.25) is 15.9 Å². The number of hydrogen-bond donors (Lipinski definition) is 1. The van der Waals surface area contributed by atoms with Crippen LogP contribution in [0.4, 0.5) is 4.39 Å². The van der Waals surface area contributed by atoms with Crippen molar-refractivity contribution >= 4 is 27.5 Å². The van der Waals surface area contributed by atoms with Crippen LogP contribution in [0.2, 0.25) is 5.02 Å². The lowest BCUT2D eigenvalue weighted by atomic mass is 10.2. The van der Waals surface area contributed by atoms with E-state index >= 15 is 0 Å². The molecule has 5 nitrogen and oxygen atoms in total. The molecule has 0 unspecified atom stereocenters. The molecule has 0 aliphatic carbocycles. The third kappa shape index (κ3) is 5.61. The van der Waals surface area contributed by atoms with Crippen molar-refractivity contribution in [3.63, 3.8) is 0 Å². The minimum absolute atomic E-state index is 0.107. The van der Waals surface area contributed by atoms with Crippen LogP contribution in [0.25, 0.3) is 0 Å². The Labute approximate surface area is 129 Å². The molecule has 1 N–H and O–H groups in total. The number of benzene rings is 1. The molecule has 0 atom stereocenters. The van der Waals surface area contributed by atoms with E-state index in [1.165, 1.54) is 30.5 Å². The number of nitrogens with zero attached hydrogens (tertiary/aromatic N) is 1. The van der Waals surface area contributed by atoms with Crippen molar-refractivity contribution in [2.24, 2.45) is 0 Å². The van der Waals surface area contributed by atoms with Gasteiger partial charge >= 0.3 is 0 Å². The highest BCUT2D eigenvalue weighted by atomic mass is 35.5. The van der Waals surface area contributed by atoms with Gasteiger partial charge in [0.05, 0.1) is 10.8 Å². The van der Waals surface area contributed by atoms with Crippen LogP contribution in [0.1, 0.15) is 18.4 Å². The zero-order chi connectivity index (χ0) is 16.0. The molecule has 0 spiro atoms. The molecule has 0 saturated heterocycles. The molecule has 0 bridgehead atoms. The van der Waals surface area contributed by atoms with E-state index in [1.54, 1.807) is 0 Å². The molecule has 8 heteroatoms. The van der Waals surface area contributed by atoms with Gasteiger partial charge in [0.1, 0.15) is 5.82 Å². The molecule has 1 aromatic rings. The molecule has 0 aliphatic rings. The predicted molar refractivity (Wildman–Crippen MR) is 80.0 cm³/mol. The van der Waals surface area contributed by atoms with E-state index in [4.69, 9.17) is 11.6 Å². The van der Waals surface area contributed by atoms with E-state index in [1.807, 2.05) is 0 Å². The van der Waals surface area contributed by atoms with Crippen LogP contribution in [0.3, 0.4) is 0 Å². The van der Waals surface area contributed by atoms with Crippen LogP contribution in [0, 0.1) is 5.82 Å². The van der Waals surface area contributed by atoms with Gasteiger partial charge in [-0.05, 0) is 24.1 Å². The number of sulfonamides is 1. The Morgan fingerprint density at radius 1 is 1.43 bits per heavy atom. The maximum atomic E-state index is 13.0. The number of amides is 1. The highest BCUT2D eigenvalue weighted by Crippen LogP contribution is 2.18. The molecule has 1 amide bonds. The molecule has 0 saturated carbocycles. The third-order valence-corrected chi connectivity index (χ3v) is 5.08. The highest BCUT2D eigenvalue weighted by Gasteiger charge is 2.19. The molecule has 0 radical (unpaired) electrons. The Balaban J connectivity index is 2.63. The maximum absolute atomic E-state index is 13.0. The Kier molecular flexibility index (Phi) is 6.57. The Bertz CT molecular complexity index is 607.